The molecular weight excluding hydrogens is 393 g/mol. The molecule has 7 nitrogen and oxygen atoms in total. The molecule has 1 aromatic carbocycles. The Kier molecular flexibility index (Phi) is 7.63. The lowest BCUT2D eigenvalue weighted by Gasteiger charge is -2.26. The van der Waals surface area contributed by atoms with Gasteiger partial charge in [-0.25, -0.2) is 25.9 Å². The molecule has 1 aromatic rings. The number of sulfonamides is 2. The highest BCUT2D eigenvalue weighted by atomic mass is 35.5. The Morgan fingerprint density at radius 1 is 1.16 bits per heavy atom. The second-order valence-corrected chi connectivity index (χ2v) is 9.61. The van der Waals surface area contributed by atoms with Crippen LogP contribution in [-0.2, 0) is 20.0 Å². The smallest absolute Gasteiger partial charge is 0.240 e. The molecule has 2 rings (SSSR count). The molecule has 25 heavy (non-hydrogen) atoms. The molecule has 1 aliphatic rings. The molecule has 144 valence electrons. The summed E-state index contributed by atoms with van der Waals surface area (Å²) < 4.78 is 66.3. The standard InChI is InChI=1S/C14H22FN3O4S2.ClH/c1-2-23(19,20)18-14-8-7-12(9-13(14)15)24(21,22)17-11-5-3-10(16)4-6-11;/h7-11,17-18H,2-6,16H2,1H3;1H. The number of hydrogen-bond acceptors (Lipinski definition) is 5. The first-order valence-corrected chi connectivity index (χ1v) is 10.8. The SMILES string of the molecule is CCS(=O)(=O)Nc1ccc(S(=O)(=O)NC2CCC(N)CC2)cc1F.Cl. The fourth-order valence-electron chi connectivity index (χ4n) is 2.51. The maximum atomic E-state index is 14.0. The molecule has 1 aliphatic carbocycles. The van der Waals surface area contributed by atoms with Crippen LogP contribution in [0.3, 0.4) is 0 Å². The van der Waals surface area contributed by atoms with Crippen molar-refractivity contribution in [2.24, 2.45) is 5.73 Å². The number of halogens is 2. The second kappa shape index (κ2) is 8.63. The fraction of sp³-hybridized carbons (Fsp3) is 0.571. The Labute approximate surface area is 154 Å². The van der Waals surface area contributed by atoms with Crippen molar-refractivity contribution in [3.63, 3.8) is 0 Å². The lowest BCUT2D eigenvalue weighted by Crippen LogP contribution is -2.40. The van der Waals surface area contributed by atoms with E-state index in [-0.39, 0.29) is 40.8 Å². The van der Waals surface area contributed by atoms with E-state index in [9.17, 15) is 21.2 Å². The highest BCUT2D eigenvalue weighted by molar-refractivity contribution is 7.92. The van der Waals surface area contributed by atoms with Gasteiger partial charge in [0.25, 0.3) is 0 Å². The van der Waals surface area contributed by atoms with Gasteiger partial charge in [0.15, 0.2) is 0 Å². The van der Waals surface area contributed by atoms with Gasteiger partial charge in [0.1, 0.15) is 5.82 Å². The van der Waals surface area contributed by atoms with Crippen molar-refractivity contribution in [3.05, 3.63) is 24.0 Å². The van der Waals surface area contributed by atoms with Crippen LogP contribution in [0.5, 0.6) is 0 Å². The van der Waals surface area contributed by atoms with E-state index in [1.165, 1.54) is 13.0 Å². The summed E-state index contributed by atoms with van der Waals surface area (Å²) in [6.45, 7) is 1.42. The normalized spacial score (nSPS) is 21.4. The van der Waals surface area contributed by atoms with Crippen LogP contribution in [0.1, 0.15) is 32.6 Å². The second-order valence-electron chi connectivity index (χ2n) is 5.88. The molecule has 0 atom stereocenters. The zero-order chi connectivity index (χ0) is 18.0. The van der Waals surface area contributed by atoms with E-state index >= 15 is 0 Å². The topological polar surface area (TPSA) is 118 Å². The van der Waals surface area contributed by atoms with Crippen LogP contribution in [0.15, 0.2) is 23.1 Å². The van der Waals surface area contributed by atoms with Gasteiger partial charge in [-0.3, -0.25) is 4.72 Å². The van der Waals surface area contributed by atoms with Crippen molar-refractivity contribution in [2.45, 2.75) is 49.6 Å². The van der Waals surface area contributed by atoms with Crippen molar-refractivity contribution in [2.75, 3.05) is 10.5 Å². The van der Waals surface area contributed by atoms with E-state index in [1.807, 2.05) is 0 Å². The summed E-state index contributed by atoms with van der Waals surface area (Å²) in [5, 5.41) is 0. The minimum absolute atomic E-state index is 0. The summed E-state index contributed by atoms with van der Waals surface area (Å²) in [6, 6.07) is 2.96. The van der Waals surface area contributed by atoms with Gasteiger partial charge in [-0.05, 0) is 50.8 Å². The lowest BCUT2D eigenvalue weighted by molar-refractivity contribution is 0.373. The average molecular weight is 416 g/mol. The van der Waals surface area contributed by atoms with E-state index in [1.54, 1.807) is 0 Å². The number of anilines is 1. The van der Waals surface area contributed by atoms with Gasteiger partial charge in [0, 0.05) is 12.1 Å². The van der Waals surface area contributed by atoms with Gasteiger partial charge in [0.05, 0.1) is 16.3 Å². The van der Waals surface area contributed by atoms with Crippen molar-refractivity contribution in [1.82, 2.24) is 4.72 Å². The molecule has 0 radical (unpaired) electrons. The van der Waals surface area contributed by atoms with Crippen LogP contribution in [0.2, 0.25) is 0 Å². The average Bonchev–Trinajstić information content (AvgIpc) is 2.51. The number of nitrogens with one attached hydrogen (secondary N) is 2. The van der Waals surface area contributed by atoms with Gasteiger partial charge < -0.3 is 5.73 Å². The van der Waals surface area contributed by atoms with Crippen molar-refractivity contribution in [1.29, 1.82) is 0 Å². The molecular formula is C14H23ClFN3O4S2. The summed E-state index contributed by atoms with van der Waals surface area (Å²) >= 11 is 0. The predicted molar refractivity (Wildman–Crippen MR) is 97.3 cm³/mol. The zero-order valence-electron chi connectivity index (χ0n) is 13.7. The summed E-state index contributed by atoms with van der Waals surface area (Å²) in [4.78, 5) is -0.241. The number of rotatable bonds is 6. The highest BCUT2D eigenvalue weighted by Crippen LogP contribution is 2.23. The molecule has 0 spiro atoms. The summed E-state index contributed by atoms with van der Waals surface area (Å²) in [6.07, 6.45) is 2.74. The Morgan fingerprint density at radius 2 is 1.76 bits per heavy atom. The van der Waals surface area contributed by atoms with Crippen LogP contribution in [0, 0.1) is 5.82 Å². The third-order valence-corrected chi connectivity index (χ3v) is 6.80. The van der Waals surface area contributed by atoms with Crippen LogP contribution in [0.25, 0.3) is 0 Å². The number of nitrogens with two attached hydrogens (primary N) is 1. The third-order valence-electron chi connectivity index (χ3n) is 3.99. The minimum atomic E-state index is -3.87. The van der Waals surface area contributed by atoms with Crippen LogP contribution >= 0.6 is 12.4 Å². The minimum Gasteiger partial charge on any atom is -0.328 e. The largest absolute Gasteiger partial charge is 0.328 e. The molecule has 0 unspecified atom stereocenters. The molecule has 0 aromatic heterocycles. The van der Waals surface area contributed by atoms with E-state index in [0.29, 0.717) is 12.8 Å². The molecule has 0 saturated heterocycles. The number of hydrogen-bond donors (Lipinski definition) is 3. The fourth-order valence-corrected chi connectivity index (χ4v) is 4.47. The maximum Gasteiger partial charge on any atom is 0.240 e. The van der Waals surface area contributed by atoms with E-state index < -0.39 is 25.9 Å². The summed E-state index contributed by atoms with van der Waals surface area (Å²) in [7, 11) is -7.51. The van der Waals surface area contributed by atoms with Crippen molar-refractivity contribution < 1.29 is 21.2 Å². The molecule has 1 fully saturated rings. The van der Waals surface area contributed by atoms with Gasteiger partial charge >= 0.3 is 0 Å². The molecule has 0 amide bonds. The molecule has 0 bridgehead atoms. The van der Waals surface area contributed by atoms with Gasteiger partial charge in [-0.1, -0.05) is 0 Å². The molecule has 1 saturated carbocycles. The zero-order valence-corrected chi connectivity index (χ0v) is 16.2. The summed E-state index contributed by atoms with van der Waals surface area (Å²) in [5.74, 6) is -1.15. The van der Waals surface area contributed by atoms with Crippen LogP contribution < -0.4 is 15.2 Å². The predicted octanol–water partition coefficient (Wildman–Crippen LogP) is 1.56. The lowest BCUT2D eigenvalue weighted by atomic mass is 9.93. The Hall–Kier alpha value is -0.940. The van der Waals surface area contributed by atoms with Gasteiger partial charge in [-0.2, -0.15) is 0 Å². The highest BCUT2D eigenvalue weighted by Gasteiger charge is 2.25. The Morgan fingerprint density at radius 3 is 2.28 bits per heavy atom. The Balaban J connectivity index is 0.00000312. The Bertz CT molecular complexity index is 794. The third kappa shape index (κ3) is 6.07. The molecule has 0 heterocycles. The summed E-state index contributed by atoms with van der Waals surface area (Å²) in [5.41, 5.74) is 5.51. The van der Waals surface area contributed by atoms with Crippen LogP contribution in [0.4, 0.5) is 10.1 Å². The van der Waals surface area contributed by atoms with Gasteiger partial charge in [-0.15, -0.1) is 12.4 Å². The van der Waals surface area contributed by atoms with E-state index in [2.05, 4.69) is 9.44 Å². The molecule has 4 N–H and O–H groups in total. The maximum absolute atomic E-state index is 14.0. The van der Waals surface area contributed by atoms with E-state index in [4.69, 9.17) is 5.73 Å². The van der Waals surface area contributed by atoms with Crippen molar-refractivity contribution >= 4 is 38.1 Å². The van der Waals surface area contributed by atoms with Crippen LogP contribution in [-0.4, -0.2) is 34.7 Å². The first-order valence-electron chi connectivity index (χ1n) is 7.71. The number of benzene rings is 1. The molecule has 11 heteroatoms. The first-order chi connectivity index (χ1) is 11.1. The van der Waals surface area contributed by atoms with Gasteiger partial charge in [0.2, 0.25) is 20.0 Å². The van der Waals surface area contributed by atoms with Crippen molar-refractivity contribution in [3.8, 4) is 0 Å². The molecule has 0 aliphatic heterocycles. The quantitative estimate of drug-likeness (QED) is 0.651. The monoisotopic (exact) mass is 415 g/mol. The van der Waals surface area contributed by atoms with E-state index in [0.717, 1.165) is 25.0 Å². The first kappa shape index (κ1) is 22.1.